The molecule has 1 fully saturated rings. The molecule has 1 aromatic rings. The molecular formula is C19H33IN4O4S. The molecule has 2 rings (SSSR count). The smallest absolute Gasteiger partial charge is 0.213 e. The van der Waals surface area contributed by atoms with Crippen molar-refractivity contribution < 1.29 is 17.9 Å². The summed E-state index contributed by atoms with van der Waals surface area (Å²) in [5, 5.41) is 6.64. The van der Waals surface area contributed by atoms with Gasteiger partial charge in [-0.2, -0.15) is 0 Å². The number of ether oxygens (including phenoxy) is 2. The van der Waals surface area contributed by atoms with Crippen molar-refractivity contribution in [3.8, 4) is 11.5 Å². The molecule has 1 aromatic carbocycles. The van der Waals surface area contributed by atoms with E-state index in [1.54, 1.807) is 25.4 Å². The lowest BCUT2D eigenvalue weighted by Gasteiger charge is -2.32. The number of benzene rings is 1. The Morgan fingerprint density at radius 3 is 2.34 bits per heavy atom. The van der Waals surface area contributed by atoms with Crippen LogP contribution in [0.4, 0.5) is 0 Å². The van der Waals surface area contributed by atoms with Gasteiger partial charge in [0.2, 0.25) is 10.0 Å². The molecule has 1 heterocycles. The minimum Gasteiger partial charge on any atom is -0.497 e. The highest BCUT2D eigenvalue weighted by Gasteiger charge is 2.27. The molecule has 8 nitrogen and oxygen atoms in total. The molecule has 0 aliphatic carbocycles. The highest BCUT2D eigenvalue weighted by molar-refractivity contribution is 14.0. The SMILES string of the molecule is CCS(=O)(=O)N1CCC(NC(=NC)NCC(C)Oc2ccc(OC)cc2)CC1.I. The van der Waals surface area contributed by atoms with Crippen molar-refractivity contribution in [2.24, 2.45) is 4.99 Å². The van der Waals surface area contributed by atoms with E-state index in [2.05, 4.69) is 15.6 Å². The van der Waals surface area contributed by atoms with Crippen LogP contribution < -0.4 is 20.1 Å². The summed E-state index contributed by atoms with van der Waals surface area (Å²) in [5.74, 6) is 2.42. The second-order valence-electron chi connectivity index (χ2n) is 6.78. The molecule has 1 atom stereocenters. The first kappa shape index (κ1) is 25.8. The lowest BCUT2D eigenvalue weighted by molar-refractivity contribution is 0.223. The van der Waals surface area contributed by atoms with E-state index in [1.807, 2.05) is 31.2 Å². The molecule has 1 saturated heterocycles. The Morgan fingerprint density at radius 2 is 1.83 bits per heavy atom. The summed E-state index contributed by atoms with van der Waals surface area (Å²) in [4.78, 5) is 4.26. The number of rotatable bonds is 8. The van der Waals surface area contributed by atoms with Crippen LogP contribution in [0.5, 0.6) is 11.5 Å². The molecule has 0 spiro atoms. The summed E-state index contributed by atoms with van der Waals surface area (Å²) in [6.07, 6.45) is 1.47. The van der Waals surface area contributed by atoms with Crippen LogP contribution in [0.25, 0.3) is 0 Å². The lowest BCUT2D eigenvalue weighted by atomic mass is 10.1. The van der Waals surface area contributed by atoms with Gasteiger partial charge in [-0.1, -0.05) is 0 Å². The van der Waals surface area contributed by atoms with Gasteiger partial charge in [0.15, 0.2) is 5.96 Å². The fraction of sp³-hybridized carbons (Fsp3) is 0.632. The first-order chi connectivity index (χ1) is 13.4. The van der Waals surface area contributed by atoms with Gasteiger partial charge in [-0.3, -0.25) is 4.99 Å². The van der Waals surface area contributed by atoms with Crippen molar-refractivity contribution in [2.75, 3.05) is 39.5 Å². The van der Waals surface area contributed by atoms with Crippen LogP contribution >= 0.6 is 24.0 Å². The number of nitrogens with zero attached hydrogens (tertiary/aromatic N) is 2. The van der Waals surface area contributed by atoms with E-state index in [-0.39, 0.29) is 41.9 Å². The van der Waals surface area contributed by atoms with Crippen LogP contribution in [0, 0.1) is 0 Å². The zero-order valence-corrected chi connectivity index (χ0v) is 20.7. The minimum absolute atomic E-state index is 0. The average molecular weight is 540 g/mol. The largest absolute Gasteiger partial charge is 0.497 e. The zero-order valence-electron chi connectivity index (χ0n) is 17.6. The molecule has 10 heteroatoms. The number of sulfonamides is 1. The molecular weight excluding hydrogens is 507 g/mol. The van der Waals surface area contributed by atoms with Gasteiger partial charge in [-0.25, -0.2) is 12.7 Å². The molecule has 29 heavy (non-hydrogen) atoms. The molecule has 0 aromatic heterocycles. The quantitative estimate of drug-likeness (QED) is 0.298. The van der Waals surface area contributed by atoms with Gasteiger partial charge in [-0.05, 0) is 51.0 Å². The van der Waals surface area contributed by atoms with Gasteiger partial charge in [-0.15, -0.1) is 24.0 Å². The molecule has 1 unspecified atom stereocenters. The molecule has 1 aliphatic heterocycles. The van der Waals surface area contributed by atoms with Crippen molar-refractivity contribution in [2.45, 2.75) is 38.8 Å². The Balaban J connectivity index is 0.00000420. The molecule has 0 radical (unpaired) electrons. The molecule has 0 saturated carbocycles. The number of aliphatic imine (C=N–C) groups is 1. The maximum atomic E-state index is 12.0. The van der Waals surface area contributed by atoms with Crippen molar-refractivity contribution >= 4 is 40.0 Å². The van der Waals surface area contributed by atoms with E-state index in [4.69, 9.17) is 9.47 Å². The third-order valence-electron chi connectivity index (χ3n) is 4.73. The Bertz CT molecular complexity index is 735. The van der Waals surface area contributed by atoms with Crippen LogP contribution in [-0.2, 0) is 10.0 Å². The number of hydrogen-bond acceptors (Lipinski definition) is 5. The highest BCUT2D eigenvalue weighted by Crippen LogP contribution is 2.18. The van der Waals surface area contributed by atoms with Gasteiger partial charge in [0.25, 0.3) is 0 Å². The molecule has 166 valence electrons. The number of guanidine groups is 1. The second-order valence-corrected chi connectivity index (χ2v) is 9.03. The summed E-state index contributed by atoms with van der Waals surface area (Å²) in [6, 6.07) is 7.68. The number of hydrogen-bond donors (Lipinski definition) is 2. The average Bonchev–Trinajstić information content (AvgIpc) is 2.72. The standard InChI is InChI=1S/C19H32N4O4S.HI/c1-5-28(24,25)23-12-10-16(11-13-23)22-19(20-3)21-14-15(2)27-18-8-6-17(26-4)7-9-18;/h6-9,15-16H,5,10-14H2,1-4H3,(H2,20,21,22);1H. The Hall–Kier alpha value is -1.27. The predicted octanol–water partition coefficient (Wildman–Crippen LogP) is 2.06. The third-order valence-corrected chi connectivity index (χ3v) is 6.61. The van der Waals surface area contributed by atoms with Crippen LogP contribution in [0.1, 0.15) is 26.7 Å². The van der Waals surface area contributed by atoms with Gasteiger partial charge in [0.1, 0.15) is 17.6 Å². The second kappa shape index (κ2) is 12.4. The van der Waals surface area contributed by atoms with E-state index >= 15 is 0 Å². The van der Waals surface area contributed by atoms with Crippen LogP contribution in [0.3, 0.4) is 0 Å². The molecule has 0 bridgehead atoms. The van der Waals surface area contributed by atoms with E-state index in [9.17, 15) is 8.42 Å². The number of methoxy groups -OCH3 is 1. The van der Waals surface area contributed by atoms with E-state index < -0.39 is 10.0 Å². The molecule has 0 amide bonds. The predicted molar refractivity (Wildman–Crippen MR) is 127 cm³/mol. The van der Waals surface area contributed by atoms with Gasteiger partial charge in [0.05, 0.1) is 19.4 Å². The Kier molecular flexibility index (Phi) is 11.0. The van der Waals surface area contributed by atoms with E-state index in [1.165, 1.54) is 0 Å². The number of nitrogens with one attached hydrogen (secondary N) is 2. The van der Waals surface area contributed by atoms with Crippen LogP contribution in [0.15, 0.2) is 29.3 Å². The first-order valence-corrected chi connectivity index (χ1v) is 11.2. The number of piperidine rings is 1. The van der Waals surface area contributed by atoms with Crippen molar-refractivity contribution in [3.05, 3.63) is 24.3 Å². The van der Waals surface area contributed by atoms with Crippen molar-refractivity contribution in [1.29, 1.82) is 0 Å². The number of halogens is 1. The fourth-order valence-corrected chi connectivity index (χ4v) is 4.15. The summed E-state index contributed by atoms with van der Waals surface area (Å²) < 4.78 is 36.5. The minimum atomic E-state index is -3.10. The highest BCUT2D eigenvalue weighted by atomic mass is 127. The van der Waals surface area contributed by atoms with Gasteiger partial charge in [0, 0.05) is 26.2 Å². The first-order valence-electron chi connectivity index (χ1n) is 9.63. The fourth-order valence-electron chi connectivity index (χ4n) is 3.02. The molecule has 2 N–H and O–H groups in total. The van der Waals surface area contributed by atoms with Gasteiger partial charge < -0.3 is 20.1 Å². The normalized spacial score (nSPS) is 17.2. The monoisotopic (exact) mass is 540 g/mol. The van der Waals surface area contributed by atoms with Crippen LogP contribution in [-0.4, -0.2) is 70.4 Å². The third kappa shape index (κ3) is 8.17. The summed E-state index contributed by atoms with van der Waals surface area (Å²) in [6.45, 7) is 5.34. The summed E-state index contributed by atoms with van der Waals surface area (Å²) in [5.41, 5.74) is 0. The van der Waals surface area contributed by atoms with Crippen LogP contribution in [0.2, 0.25) is 0 Å². The van der Waals surface area contributed by atoms with E-state index in [0.29, 0.717) is 25.6 Å². The maximum Gasteiger partial charge on any atom is 0.213 e. The topological polar surface area (TPSA) is 92.3 Å². The van der Waals surface area contributed by atoms with Crippen molar-refractivity contribution in [1.82, 2.24) is 14.9 Å². The summed E-state index contributed by atoms with van der Waals surface area (Å²) >= 11 is 0. The summed E-state index contributed by atoms with van der Waals surface area (Å²) in [7, 11) is 0.257. The Morgan fingerprint density at radius 1 is 1.24 bits per heavy atom. The lowest BCUT2D eigenvalue weighted by Crippen LogP contribution is -2.51. The zero-order chi connectivity index (χ0) is 20.6. The van der Waals surface area contributed by atoms with Crippen molar-refractivity contribution in [3.63, 3.8) is 0 Å². The maximum absolute atomic E-state index is 12.0. The molecule has 1 aliphatic rings. The Labute approximate surface area is 191 Å². The van der Waals surface area contributed by atoms with E-state index in [0.717, 1.165) is 24.3 Å². The van der Waals surface area contributed by atoms with Gasteiger partial charge >= 0.3 is 0 Å².